The van der Waals surface area contributed by atoms with Crippen LogP contribution in [0.15, 0.2) is 0 Å². The van der Waals surface area contributed by atoms with E-state index in [4.69, 9.17) is 22.0 Å². The molecule has 10 unspecified atom stereocenters. The Balaban J connectivity index is 1.05. The standard InChI is InChI=1S/C38H56F9N3O18S6/c39-36(40,41)69(52,53)48-72(58,59)65-21-31-5-1-3-25(13-31)29(26(14-31)4-2-6-51)67-35-12-24-10-33(18-35,22-66-73(60,61)49-70(54,55)37(42,43)44)17-34(11-24,19-35)64-20-32-9-23-7-27(15-32)30(28(8-23)16-32)68-74(62,63)50-71(56,57)38(45,46)47/h23-30,48-51H,1-22H2. The molecule has 0 aromatic rings. The third kappa shape index (κ3) is 12.2. The first kappa shape index (κ1) is 58.8. The molecule has 0 aromatic carbocycles. The van der Waals surface area contributed by atoms with Gasteiger partial charge in [0.15, 0.2) is 0 Å². The molecule has 0 heterocycles. The summed E-state index contributed by atoms with van der Waals surface area (Å²) in [5, 5.41) is 9.94. The Morgan fingerprint density at radius 2 is 1.00 bits per heavy atom. The number of hydrogen-bond donors (Lipinski definition) is 4. The van der Waals surface area contributed by atoms with Crippen molar-refractivity contribution in [3.8, 4) is 0 Å². The molecule has 10 bridgehead atoms. The SMILES string of the molecule is O=S(=O)(NS(=O)(=O)C(F)(F)F)OCC12CCCC(C1)C(OC13CC4CC(COS(=O)(=O)NS(=O)(=O)C(F)(F)F)(CC(OCC56CC7CC(C5)C(OS(=O)(=O)NS(=O)(=O)C(F)(F)F)C(C7)C6)(C4)C1)C3)C(CCCO)C2. The van der Waals surface area contributed by atoms with E-state index in [2.05, 4.69) is 0 Å². The zero-order valence-corrected chi connectivity index (χ0v) is 43.8. The normalized spacial score (nSPS) is 38.7. The van der Waals surface area contributed by atoms with Crippen molar-refractivity contribution in [3.63, 3.8) is 0 Å². The number of ether oxygens (including phenoxy) is 2. The topological polar surface area (TPSA) is 307 Å². The summed E-state index contributed by atoms with van der Waals surface area (Å²) in [5.74, 6) is -2.36. The number of hydrogen-bond acceptors (Lipinski definition) is 18. The third-order valence-electron chi connectivity index (χ3n) is 16.6. The summed E-state index contributed by atoms with van der Waals surface area (Å²) in [5.41, 5.74) is -23.3. The fraction of sp³-hybridized carbons (Fsp3) is 1.00. The molecule has 10 fully saturated rings. The second-order valence-electron chi connectivity index (χ2n) is 22.4. The molecule has 0 aromatic heterocycles. The number of alkyl halides is 9. The quantitative estimate of drug-likeness (QED) is 0.111. The smallest absolute Gasteiger partial charge is 0.396 e. The van der Waals surface area contributed by atoms with Crippen LogP contribution in [0.3, 0.4) is 0 Å². The first-order chi connectivity index (χ1) is 33.6. The number of sulfonamides is 3. The van der Waals surface area contributed by atoms with Crippen molar-refractivity contribution in [2.75, 3.05) is 26.4 Å². The summed E-state index contributed by atoms with van der Waals surface area (Å²) in [7, 11) is -35.8. The number of aliphatic hydroxyl groups excluding tert-OH is 1. The van der Waals surface area contributed by atoms with Gasteiger partial charge in [0.1, 0.15) is 0 Å². The van der Waals surface area contributed by atoms with Gasteiger partial charge in [-0.3, -0.25) is 12.5 Å². The van der Waals surface area contributed by atoms with E-state index in [0.29, 0.717) is 63.7 Å². The van der Waals surface area contributed by atoms with Crippen molar-refractivity contribution >= 4 is 61.0 Å². The Kier molecular flexibility index (Phi) is 15.3. The lowest BCUT2D eigenvalue weighted by molar-refractivity contribution is -0.300. The van der Waals surface area contributed by atoms with Crippen molar-refractivity contribution < 1.29 is 117 Å². The summed E-state index contributed by atoms with van der Waals surface area (Å²) < 4.78 is 296. The monoisotopic (exact) mass is 1210 g/mol. The maximum absolute atomic E-state index is 13.3. The Bertz CT molecular complexity index is 2850. The predicted octanol–water partition coefficient (Wildman–Crippen LogP) is 4.12. The van der Waals surface area contributed by atoms with Crippen LogP contribution in [0.1, 0.15) is 116 Å². The molecular weight excluding hydrogens is 1150 g/mol. The average Bonchev–Trinajstić information content (AvgIpc) is 3.21. The number of nitrogens with one attached hydrogen (secondary N) is 3. The van der Waals surface area contributed by atoms with Crippen molar-refractivity contribution in [1.82, 2.24) is 12.4 Å². The molecule has 0 amide bonds. The number of aliphatic hydroxyl groups is 1. The second-order valence-corrected chi connectivity index (χ2v) is 32.2. The van der Waals surface area contributed by atoms with Gasteiger partial charge >= 0.3 is 77.5 Å². The van der Waals surface area contributed by atoms with E-state index in [1.54, 1.807) is 0 Å². The van der Waals surface area contributed by atoms with E-state index < -0.39 is 154 Å². The molecule has 10 aliphatic carbocycles. The van der Waals surface area contributed by atoms with Gasteiger partial charge in [0.2, 0.25) is 0 Å². The van der Waals surface area contributed by atoms with Gasteiger partial charge < -0.3 is 14.6 Å². The van der Waals surface area contributed by atoms with Crippen LogP contribution < -0.4 is 12.4 Å². The van der Waals surface area contributed by atoms with E-state index >= 15 is 0 Å². The zero-order valence-electron chi connectivity index (χ0n) is 38.9. The lowest BCUT2D eigenvalue weighted by atomic mass is 9.46. The molecule has 21 nitrogen and oxygen atoms in total. The Morgan fingerprint density at radius 3 is 1.54 bits per heavy atom. The Morgan fingerprint density at radius 1 is 0.514 bits per heavy atom. The third-order valence-corrected chi connectivity index (χ3v) is 24.9. The van der Waals surface area contributed by atoms with Crippen LogP contribution in [-0.4, -0.2) is 122 Å². The highest BCUT2D eigenvalue weighted by Crippen LogP contribution is 2.68. The fourth-order valence-electron chi connectivity index (χ4n) is 15.2. The summed E-state index contributed by atoms with van der Waals surface area (Å²) in [6, 6.07) is 0. The van der Waals surface area contributed by atoms with E-state index in [1.807, 2.05) is 0 Å². The molecule has 10 atom stereocenters. The van der Waals surface area contributed by atoms with Gasteiger partial charge in [-0.05, 0) is 149 Å². The molecule has 10 aliphatic rings. The molecule has 10 rings (SSSR count). The molecule has 74 heavy (non-hydrogen) atoms. The molecule has 10 saturated carbocycles. The molecule has 0 saturated heterocycles. The van der Waals surface area contributed by atoms with Gasteiger partial charge in [0.05, 0.1) is 43.2 Å². The summed E-state index contributed by atoms with van der Waals surface area (Å²) in [6.45, 7) is -1.84. The van der Waals surface area contributed by atoms with Crippen LogP contribution in [0, 0.1) is 51.8 Å². The maximum Gasteiger partial charge on any atom is 0.512 e. The summed E-state index contributed by atoms with van der Waals surface area (Å²) in [6.07, 6.45) is 3.19. The lowest BCUT2D eigenvalue weighted by Crippen LogP contribution is -2.68. The summed E-state index contributed by atoms with van der Waals surface area (Å²) >= 11 is 0. The van der Waals surface area contributed by atoms with E-state index in [0.717, 1.165) is 0 Å². The molecule has 36 heteroatoms. The van der Waals surface area contributed by atoms with Gasteiger partial charge in [-0.1, -0.05) is 18.8 Å². The summed E-state index contributed by atoms with van der Waals surface area (Å²) in [4.78, 5) is 0. The Hall–Kier alpha value is -1.29. The number of halogens is 9. The minimum absolute atomic E-state index is 0.00975. The molecular formula is C38H56F9N3O18S6. The van der Waals surface area contributed by atoms with Crippen LogP contribution in [0.4, 0.5) is 39.5 Å². The van der Waals surface area contributed by atoms with Crippen molar-refractivity contribution in [2.45, 2.75) is 156 Å². The van der Waals surface area contributed by atoms with Crippen molar-refractivity contribution in [3.05, 3.63) is 0 Å². The largest absolute Gasteiger partial charge is 0.512 e. The minimum Gasteiger partial charge on any atom is -0.396 e. The maximum atomic E-state index is 13.3. The van der Waals surface area contributed by atoms with E-state index in [1.165, 1.54) is 0 Å². The van der Waals surface area contributed by atoms with Gasteiger partial charge in [-0.15, -0.1) is 0 Å². The average molecular weight is 1210 g/mol. The predicted molar refractivity (Wildman–Crippen MR) is 233 cm³/mol. The highest BCUT2D eigenvalue weighted by atomic mass is 32.3. The van der Waals surface area contributed by atoms with Crippen LogP contribution >= 0.6 is 0 Å². The van der Waals surface area contributed by atoms with Crippen LogP contribution in [-0.2, 0) is 83.0 Å². The molecule has 0 radical (unpaired) electrons. The zero-order chi connectivity index (χ0) is 54.8. The van der Waals surface area contributed by atoms with Gasteiger partial charge in [-0.25, -0.2) is 25.3 Å². The fourth-order valence-corrected chi connectivity index (χ4v) is 21.5. The molecule has 0 aliphatic heterocycles. The van der Waals surface area contributed by atoms with Crippen LogP contribution in [0.2, 0.25) is 0 Å². The first-order valence-electron chi connectivity index (χ1n) is 23.5. The van der Waals surface area contributed by atoms with Gasteiger partial charge in [0.25, 0.3) is 0 Å². The molecule has 4 N–H and O–H groups in total. The minimum atomic E-state index is -6.46. The van der Waals surface area contributed by atoms with E-state index in [9.17, 15) is 95.1 Å². The van der Waals surface area contributed by atoms with Crippen molar-refractivity contribution in [1.29, 1.82) is 0 Å². The van der Waals surface area contributed by atoms with Crippen LogP contribution in [0.5, 0.6) is 0 Å². The first-order valence-corrected chi connectivity index (χ1v) is 32.2. The number of fused-ring (bicyclic) bond motifs is 2. The second kappa shape index (κ2) is 19.2. The highest BCUT2D eigenvalue weighted by molar-refractivity contribution is 8.04. The molecule has 0 spiro atoms. The highest BCUT2D eigenvalue weighted by Gasteiger charge is 2.68. The van der Waals surface area contributed by atoms with Crippen LogP contribution in [0.25, 0.3) is 0 Å². The number of rotatable bonds is 22. The lowest BCUT2D eigenvalue weighted by Gasteiger charge is -2.67. The van der Waals surface area contributed by atoms with E-state index in [-0.39, 0.29) is 89.3 Å². The van der Waals surface area contributed by atoms with Gasteiger partial charge in [0, 0.05) is 18.4 Å². The molecule has 430 valence electrons. The van der Waals surface area contributed by atoms with Crippen molar-refractivity contribution in [2.24, 2.45) is 51.8 Å². The Labute approximate surface area is 422 Å². The van der Waals surface area contributed by atoms with Gasteiger partial charge in [-0.2, -0.15) is 64.8 Å².